The van der Waals surface area contributed by atoms with E-state index in [0.717, 1.165) is 0 Å². The van der Waals surface area contributed by atoms with Crippen molar-refractivity contribution in [1.82, 2.24) is 4.72 Å². The fourth-order valence-electron chi connectivity index (χ4n) is 0.201. The standard InChI is InChI=1S/C5H11NOS/c1-5(2,3)8-6-4-7/h4H,1-3H3,(H,6,7). The van der Waals surface area contributed by atoms with Gasteiger partial charge in [-0.25, -0.2) is 0 Å². The van der Waals surface area contributed by atoms with Crippen molar-refractivity contribution in [3.63, 3.8) is 0 Å². The Labute approximate surface area is 54.2 Å². The highest BCUT2D eigenvalue weighted by Gasteiger charge is 2.08. The minimum Gasteiger partial charge on any atom is -0.302 e. The van der Waals surface area contributed by atoms with Gasteiger partial charge in [0.15, 0.2) is 0 Å². The molecule has 3 heteroatoms. The molecule has 0 atom stereocenters. The number of hydrogen-bond donors (Lipinski definition) is 1. The molecule has 0 unspecified atom stereocenters. The summed E-state index contributed by atoms with van der Waals surface area (Å²) in [4.78, 5) is 9.72. The quantitative estimate of drug-likeness (QED) is 0.452. The molecule has 0 bridgehead atoms. The molecule has 8 heavy (non-hydrogen) atoms. The fourth-order valence-corrected chi connectivity index (χ4v) is 0.602. The minimum atomic E-state index is 0.126. The van der Waals surface area contributed by atoms with Gasteiger partial charge in [0.05, 0.1) is 0 Å². The number of nitrogens with one attached hydrogen (secondary N) is 1. The summed E-state index contributed by atoms with van der Waals surface area (Å²) in [6.45, 7) is 6.11. The maximum Gasteiger partial charge on any atom is 0.216 e. The zero-order chi connectivity index (χ0) is 6.62. The number of carbonyl (C=O) groups excluding carboxylic acids is 1. The Morgan fingerprint density at radius 1 is 1.50 bits per heavy atom. The highest BCUT2D eigenvalue weighted by atomic mass is 32.2. The topological polar surface area (TPSA) is 29.1 Å². The average Bonchev–Trinajstić information content (AvgIpc) is 1.59. The van der Waals surface area contributed by atoms with Gasteiger partial charge < -0.3 is 4.72 Å². The molecule has 0 aliphatic carbocycles. The van der Waals surface area contributed by atoms with Crippen LogP contribution in [-0.4, -0.2) is 11.2 Å². The minimum absolute atomic E-state index is 0.126. The molecule has 0 rings (SSSR count). The SMILES string of the molecule is CC(C)(C)SNC=O. The largest absolute Gasteiger partial charge is 0.302 e. The van der Waals surface area contributed by atoms with Gasteiger partial charge in [-0.15, -0.1) is 0 Å². The van der Waals surface area contributed by atoms with E-state index in [1.54, 1.807) is 0 Å². The lowest BCUT2D eigenvalue weighted by molar-refractivity contribution is -0.107. The summed E-state index contributed by atoms with van der Waals surface area (Å²) >= 11 is 1.42. The summed E-state index contributed by atoms with van der Waals surface area (Å²) in [5, 5.41) is 0. The Bertz CT molecular complexity index is 77.0. The summed E-state index contributed by atoms with van der Waals surface area (Å²) in [6, 6.07) is 0. The molecule has 0 heterocycles. The molecule has 0 fully saturated rings. The van der Waals surface area contributed by atoms with E-state index in [2.05, 4.69) is 4.72 Å². The number of rotatable bonds is 2. The van der Waals surface area contributed by atoms with Crippen molar-refractivity contribution in [1.29, 1.82) is 0 Å². The van der Waals surface area contributed by atoms with Crippen LogP contribution in [0.4, 0.5) is 0 Å². The van der Waals surface area contributed by atoms with Crippen LogP contribution in [0.15, 0.2) is 0 Å². The van der Waals surface area contributed by atoms with E-state index in [4.69, 9.17) is 0 Å². The van der Waals surface area contributed by atoms with E-state index in [0.29, 0.717) is 6.41 Å². The van der Waals surface area contributed by atoms with E-state index in [1.165, 1.54) is 11.9 Å². The van der Waals surface area contributed by atoms with Crippen molar-refractivity contribution in [2.45, 2.75) is 25.5 Å². The van der Waals surface area contributed by atoms with Crippen LogP contribution in [0.25, 0.3) is 0 Å². The maximum absolute atomic E-state index is 9.72. The molecular weight excluding hydrogens is 122 g/mol. The highest BCUT2D eigenvalue weighted by molar-refractivity contribution is 7.99. The first-order valence-corrected chi connectivity index (χ1v) is 3.25. The van der Waals surface area contributed by atoms with Gasteiger partial charge in [-0.3, -0.25) is 4.79 Å². The first-order valence-electron chi connectivity index (χ1n) is 2.43. The first kappa shape index (κ1) is 7.82. The van der Waals surface area contributed by atoms with Crippen LogP contribution in [0.2, 0.25) is 0 Å². The highest BCUT2D eigenvalue weighted by Crippen LogP contribution is 2.18. The molecule has 0 aromatic rings. The second-order valence-corrected chi connectivity index (χ2v) is 4.11. The van der Waals surface area contributed by atoms with Gasteiger partial charge >= 0.3 is 0 Å². The molecule has 1 N–H and O–H groups in total. The fraction of sp³-hybridized carbons (Fsp3) is 0.800. The smallest absolute Gasteiger partial charge is 0.216 e. The van der Waals surface area contributed by atoms with Crippen molar-refractivity contribution < 1.29 is 4.79 Å². The molecule has 0 radical (unpaired) electrons. The lowest BCUT2D eigenvalue weighted by atomic mass is 10.3. The van der Waals surface area contributed by atoms with Crippen molar-refractivity contribution >= 4 is 18.4 Å². The Kier molecular flexibility index (Phi) is 2.90. The Morgan fingerprint density at radius 2 is 2.00 bits per heavy atom. The Balaban J connectivity index is 3.24. The number of amides is 1. The zero-order valence-electron chi connectivity index (χ0n) is 5.39. The molecular formula is C5H11NOS. The molecule has 48 valence electrons. The number of hydrogen-bond acceptors (Lipinski definition) is 2. The van der Waals surface area contributed by atoms with Crippen LogP contribution >= 0.6 is 11.9 Å². The molecule has 0 saturated heterocycles. The van der Waals surface area contributed by atoms with Crippen LogP contribution in [0, 0.1) is 0 Å². The van der Waals surface area contributed by atoms with E-state index >= 15 is 0 Å². The summed E-state index contributed by atoms with van der Waals surface area (Å²) in [7, 11) is 0. The molecule has 2 nitrogen and oxygen atoms in total. The van der Waals surface area contributed by atoms with E-state index in [-0.39, 0.29) is 4.75 Å². The van der Waals surface area contributed by atoms with E-state index < -0.39 is 0 Å². The lowest BCUT2D eigenvalue weighted by Gasteiger charge is -2.14. The van der Waals surface area contributed by atoms with Crippen LogP contribution in [-0.2, 0) is 4.79 Å². The van der Waals surface area contributed by atoms with Gasteiger partial charge in [-0.05, 0) is 32.7 Å². The molecule has 0 saturated carbocycles. The maximum atomic E-state index is 9.72. The van der Waals surface area contributed by atoms with Crippen LogP contribution in [0.3, 0.4) is 0 Å². The van der Waals surface area contributed by atoms with Gasteiger partial charge in [-0.2, -0.15) is 0 Å². The van der Waals surface area contributed by atoms with Crippen molar-refractivity contribution in [2.24, 2.45) is 0 Å². The number of carbonyl (C=O) groups is 1. The third-order valence-electron chi connectivity index (χ3n) is 0.413. The molecule has 0 aliphatic rings. The van der Waals surface area contributed by atoms with E-state index in [1.807, 2.05) is 20.8 Å². The predicted molar refractivity (Wildman–Crippen MR) is 36.5 cm³/mol. The average molecular weight is 133 g/mol. The molecule has 0 aromatic heterocycles. The van der Waals surface area contributed by atoms with Crippen LogP contribution in [0.1, 0.15) is 20.8 Å². The van der Waals surface area contributed by atoms with Gasteiger partial charge in [0.2, 0.25) is 6.41 Å². The molecule has 0 spiro atoms. The molecule has 1 amide bonds. The Hall–Kier alpha value is -0.180. The first-order chi connectivity index (χ1) is 3.56. The van der Waals surface area contributed by atoms with Gasteiger partial charge in [-0.1, -0.05) is 0 Å². The van der Waals surface area contributed by atoms with Gasteiger partial charge in [0.1, 0.15) is 0 Å². The summed E-state index contributed by atoms with van der Waals surface area (Å²) in [6.07, 6.45) is 0.690. The second-order valence-electron chi connectivity index (χ2n) is 2.45. The zero-order valence-corrected chi connectivity index (χ0v) is 6.21. The summed E-state index contributed by atoms with van der Waals surface area (Å²) < 4.78 is 2.65. The third kappa shape index (κ3) is 5.82. The van der Waals surface area contributed by atoms with Crippen LogP contribution < -0.4 is 4.72 Å². The van der Waals surface area contributed by atoms with Gasteiger partial charge in [0.25, 0.3) is 0 Å². The Morgan fingerprint density at radius 3 is 2.12 bits per heavy atom. The molecule has 0 aromatic carbocycles. The summed E-state index contributed by atoms with van der Waals surface area (Å²) in [5.74, 6) is 0. The monoisotopic (exact) mass is 133 g/mol. The third-order valence-corrected chi connectivity index (χ3v) is 1.24. The van der Waals surface area contributed by atoms with Crippen LogP contribution in [0.5, 0.6) is 0 Å². The lowest BCUT2D eigenvalue weighted by Crippen LogP contribution is -2.15. The van der Waals surface area contributed by atoms with Crippen molar-refractivity contribution in [3.05, 3.63) is 0 Å². The van der Waals surface area contributed by atoms with Crippen molar-refractivity contribution in [2.75, 3.05) is 0 Å². The van der Waals surface area contributed by atoms with E-state index in [9.17, 15) is 4.79 Å². The predicted octanol–water partition coefficient (Wildman–Crippen LogP) is 1.18. The molecule has 0 aliphatic heterocycles. The van der Waals surface area contributed by atoms with Gasteiger partial charge in [0, 0.05) is 4.75 Å². The van der Waals surface area contributed by atoms with Crippen molar-refractivity contribution in [3.8, 4) is 0 Å². The second kappa shape index (κ2) is 2.97. The normalized spacial score (nSPS) is 10.9. The summed E-state index contributed by atoms with van der Waals surface area (Å²) in [5.41, 5.74) is 0.